The lowest BCUT2D eigenvalue weighted by molar-refractivity contribution is 0.669. The molecule has 110 valence electrons. The van der Waals surface area contributed by atoms with Crippen LogP contribution < -0.4 is 5.32 Å². The minimum atomic E-state index is 0.556. The SMILES string of the molecule is Cc1ccccc1Nc1cccc2c1oc1c(C#N)cccc12. The predicted octanol–water partition coefficient (Wildman–Crippen LogP) is 5.51. The molecular weight excluding hydrogens is 284 g/mol. The second kappa shape index (κ2) is 5.19. The van der Waals surface area contributed by atoms with Crippen LogP contribution in [0.1, 0.15) is 11.1 Å². The van der Waals surface area contributed by atoms with Crippen molar-refractivity contribution in [3.05, 3.63) is 71.8 Å². The van der Waals surface area contributed by atoms with Crippen LogP contribution in [0.3, 0.4) is 0 Å². The molecule has 0 amide bonds. The van der Waals surface area contributed by atoms with Crippen molar-refractivity contribution in [2.75, 3.05) is 5.32 Å². The number of nitriles is 1. The molecule has 3 aromatic carbocycles. The normalized spacial score (nSPS) is 10.8. The molecule has 0 saturated carbocycles. The highest BCUT2D eigenvalue weighted by Gasteiger charge is 2.13. The number of para-hydroxylation sites is 3. The van der Waals surface area contributed by atoms with Crippen molar-refractivity contribution < 1.29 is 4.42 Å². The predicted molar refractivity (Wildman–Crippen MR) is 92.9 cm³/mol. The molecular formula is C20H14N2O. The molecule has 23 heavy (non-hydrogen) atoms. The van der Waals surface area contributed by atoms with Gasteiger partial charge in [-0.2, -0.15) is 5.26 Å². The number of anilines is 2. The van der Waals surface area contributed by atoms with E-state index in [1.165, 1.54) is 5.56 Å². The van der Waals surface area contributed by atoms with Gasteiger partial charge in [-0.05, 0) is 30.7 Å². The van der Waals surface area contributed by atoms with Gasteiger partial charge >= 0.3 is 0 Å². The second-order valence-corrected chi connectivity index (χ2v) is 5.52. The van der Waals surface area contributed by atoms with Gasteiger partial charge < -0.3 is 9.73 Å². The quantitative estimate of drug-likeness (QED) is 0.531. The summed E-state index contributed by atoms with van der Waals surface area (Å²) in [6, 6.07) is 22.0. The zero-order valence-corrected chi connectivity index (χ0v) is 12.6. The van der Waals surface area contributed by atoms with Crippen molar-refractivity contribution in [3.63, 3.8) is 0 Å². The van der Waals surface area contributed by atoms with E-state index in [1.807, 2.05) is 48.5 Å². The van der Waals surface area contributed by atoms with Crippen molar-refractivity contribution in [2.45, 2.75) is 6.92 Å². The molecule has 0 saturated heterocycles. The monoisotopic (exact) mass is 298 g/mol. The van der Waals surface area contributed by atoms with E-state index >= 15 is 0 Å². The summed E-state index contributed by atoms with van der Waals surface area (Å²) in [6.45, 7) is 2.06. The number of hydrogen-bond donors (Lipinski definition) is 1. The number of furan rings is 1. The number of aryl methyl sites for hydroxylation is 1. The Morgan fingerprint density at radius 3 is 2.30 bits per heavy atom. The molecule has 0 radical (unpaired) electrons. The largest absolute Gasteiger partial charge is 0.452 e. The van der Waals surface area contributed by atoms with E-state index < -0.39 is 0 Å². The van der Waals surface area contributed by atoms with Gasteiger partial charge in [0.05, 0.1) is 11.3 Å². The van der Waals surface area contributed by atoms with Gasteiger partial charge in [0.15, 0.2) is 11.2 Å². The molecule has 0 aliphatic carbocycles. The lowest BCUT2D eigenvalue weighted by atomic mass is 10.1. The number of benzene rings is 3. The molecule has 0 aliphatic rings. The Hall–Kier alpha value is -3.25. The molecule has 0 atom stereocenters. The Balaban J connectivity index is 1.95. The Morgan fingerprint density at radius 1 is 0.826 bits per heavy atom. The van der Waals surface area contributed by atoms with Crippen molar-refractivity contribution >= 4 is 33.3 Å². The molecule has 1 aromatic heterocycles. The molecule has 3 heteroatoms. The third-order valence-electron chi connectivity index (χ3n) is 4.06. The van der Waals surface area contributed by atoms with Crippen LogP contribution in [0.25, 0.3) is 21.9 Å². The standard InChI is InChI=1S/C20H14N2O/c1-13-6-2-3-10-17(13)22-18-11-5-9-16-15-8-4-7-14(12-21)19(15)23-20(16)18/h2-11,22H,1H3. The maximum absolute atomic E-state index is 9.28. The average Bonchev–Trinajstić information content (AvgIpc) is 2.97. The van der Waals surface area contributed by atoms with E-state index in [9.17, 15) is 5.26 Å². The third-order valence-corrected chi connectivity index (χ3v) is 4.06. The van der Waals surface area contributed by atoms with Crippen molar-refractivity contribution in [1.29, 1.82) is 5.26 Å². The summed E-state index contributed by atoms with van der Waals surface area (Å²) in [5.74, 6) is 0. The number of nitrogens with one attached hydrogen (secondary N) is 1. The van der Waals surface area contributed by atoms with Crippen LogP contribution in [0.4, 0.5) is 11.4 Å². The van der Waals surface area contributed by atoms with Crippen LogP contribution in [-0.4, -0.2) is 0 Å². The van der Waals surface area contributed by atoms with Crippen LogP contribution in [0.5, 0.6) is 0 Å². The molecule has 0 spiro atoms. The first-order chi connectivity index (χ1) is 11.3. The Kier molecular flexibility index (Phi) is 3.03. The molecule has 1 N–H and O–H groups in total. The van der Waals surface area contributed by atoms with Crippen molar-refractivity contribution in [1.82, 2.24) is 0 Å². The van der Waals surface area contributed by atoms with E-state index in [0.717, 1.165) is 27.7 Å². The molecule has 1 heterocycles. The minimum Gasteiger partial charge on any atom is -0.452 e. The van der Waals surface area contributed by atoms with Crippen LogP contribution in [-0.2, 0) is 0 Å². The molecule has 0 unspecified atom stereocenters. The molecule has 0 bridgehead atoms. The zero-order chi connectivity index (χ0) is 15.8. The summed E-state index contributed by atoms with van der Waals surface area (Å²) in [6.07, 6.45) is 0. The van der Waals surface area contributed by atoms with E-state index in [1.54, 1.807) is 6.07 Å². The first-order valence-electron chi connectivity index (χ1n) is 7.45. The number of fused-ring (bicyclic) bond motifs is 3. The number of hydrogen-bond acceptors (Lipinski definition) is 3. The first-order valence-corrected chi connectivity index (χ1v) is 7.45. The summed E-state index contributed by atoms with van der Waals surface area (Å²) >= 11 is 0. The van der Waals surface area contributed by atoms with Gasteiger partial charge in [-0.1, -0.05) is 42.5 Å². The van der Waals surface area contributed by atoms with Crippen LogP contribution in [0.2, 0.25) is 0 Å². The number of rotatable bonds is 2. The maximum Gasteiger partial charge on any atom is 0.158 e. The van der Waals surface area contributed by atoms with Gasteiger partial charge in [0.2, 0.25) is 0 Å². The molecule has 3 nitrogen and oxygen atoms in total. The lowest BCUT2D eigenvalue weighted by Gasteiger charge is -2.09. The topological polar surface area (TPSA) is 49.0 Å². The first kappa shape index (κ1) is 13.4. The van der Waals surface area contributed by atoms with E-state index in [-0.39, 0.29) is 0 Å². The van der Waals surface area contributed by atoms with Gasteiger partial charge in [0.25, 0.3) is 0 Å². The third kappa shape index (κ3) is 2.13. The summed E-state index contributed by atoms with van der Waals surface area (Å²) in [4.78, 5) is 0. The van der Waals surface area contributed by atoms with Gasteiger partial charge in [0, 0.05) is 16.5 Å². The van der Waals surface area contributed by atoms with Crippen molar-refractivity contribution in [2.24, 2.45) is 0 Å². The van der Waals surface area contributed by atoms with Gasteiger partial charge in [-0.25, -0.2) is 0 Å². The highest BCUT2D eigenvalue weighted by atomic mass is 16.3. The lowest BCUT2D eigenvalue weighted by Crippen LogP contribution is -1.92. The fraction of sp³-hybridized carbons (Fsp3) is 0.0500. The molecule has 0 fully saturated rings. The highest BCUT2D eigenvalue weighted by Crippen LogP contribution is 2.36. The smallest absolute Gasteiger partial charge is 0.158 e. The second-order valence-electron chi connectivity index (χ2n) is 5.52. The van der Waals surface area contributed by atoms with E-state index in [0.29, 0.717) is 11.1 Å². The minimum absolute atomic E-state index is 0.556. The average molecular weight is 298 g/mol. The maximum atomic E-state index is 9.28. The fourth-order valence-corrected chi connectivity index (χ4v) is 2.86. The van der Waals surface area contributed by atoms with Crippen LogP contribution in [0.15, 0.2) is 65.1 Å². The molecule has 4 aromatic rings. The summed E-state index contributed by atoms with van der Waals surface area (Å²) in [7, 11) is 0. The Morgan fingerprint density at radius 2 is 1.52 bits per heavy atom. The van der Waals surface area contributed by atoms with Crippen LogP contribution in [0, 0.1) is 18.3 Å². The van der Waals surface area contributed by atoms with E-state index in [4.69, 9.17) is 4.42 Å². The van der Waals surface area contributed by atoms with Gasteiger partial charge in [0.1, 0.15) is 6.07 Å². The van der Waals surface area contributed by atoms with E-state index in [2.05, 4.69) is 24.4 Å². The highest BCUT2D eigenvalue weighted by molar-refractivity contribution is 6.10. The van der Waals surface area contributed by atoms with Crippen LogP contribution >= 0.6 is 0 Å². The molecule has 4 rings (SSSR count). The summed E-state index contributed by atoms with van der Waals surface area (Å²) in [5.41, 5.74) is 5.08. The van der Waals surface area contributed by atoms with Gasteiger partial charge in [-0.15, -0.1) is 0 Å². The number of nitrogens with zero attached hydrogens (tertiary/aromatic N) is 1. The fourth-order valence-electron chi connectivity index (χ4n) is 2.86. The summed E-state index contributed by atoms with van der Waals surface area (Å²) < 4.78 is 6.03. The van der Waals surface area contributed by atoms with Crippen molar-refractivity contribution in [3.8, 4) is 6.07 Å². The Labute approximate surface area is 133 Å². The Bertz CT molecular complexity index is 1070. The zero-order valence-electron chi connectivity index (χ0n) is 12.6. The van der Waals surface area contributed by atoms with Gasteiger partial charge in [-0.3, -0.25) is 0 Å². The summed E-state index contributed by atoms with van der Waals surface area (Å²) in [5, 5.41) is 14.7. The molecule has 0 aliphatic heterocycles.